The summed E-state index contributed by atoms with van der Waals surface area (Å²) in [5.74, 6) is 1.78. The molecule has 0 aliphatic carbocycles. The Hall–Kier alpha value is -9.19. The Balaban J connectivity index is 0.987. The second-order valence-corrected chi connectivity index (χ2v) is 17.6. The molecule has 0 saturated carbocycles. The second kappa shape index (κ2) is 16.6. The maximum absolute atomic E-state index is 5.28. The van der Waals surface area contributed by atoms with Gasteiger partial charge >= 0.3 is 0 Å². The van der Waals surface area contributed by atoms with Gasteiger partial charge in [0, 0.05) is 27.6 Å². The lowest BCUT2D eigenvalue weighted by atomic mass is 9.62. The van der Waals surface area contributed by atoms with Crippen LogP contribution in [0.4, 0.5) is 17.3 Å². The molecule has 0 bridgehead atoms. The van der Waals surface area contributed by atoms with Crippen molar-refractivity contribution >= 4 is 39.1 Å². The first-order chi connectivity index (χ1) is 34.2. The highest BCUT2D eigenvalue weighted by Crippen LogP contribution is 2.57. The van der Waals surface area contributed by atoms with Gasteiger partial charge in [-0.1, -0.05) is 212 Å². The van der Waals surface area contributed by atoms with Gasteiger partial charge in [0.1, 0.15) is 0 Å². The molecule has 0 amide bonds. The minimum Gasteiger partial charge on any atom is -0.309 e. The van der Waals surface area contributed by atoms with Crippen molar-refractivity contribution in [1.29, 1.82) is 0 Å². The van der Waals surface area contributed by atoms with Crippen LogP contribution < -0.4 is 4.90 Å². The largest absolute Gasteiger partial charge is 0.309 e. The van der Waals surface area contributed by atoms with Gasteiger partial charge < -0.3 is 4.57 Å². The van der Waals surface area contributed by atoms with Crippen LogP contribution in [-0.4, -0.2) is 19.5 Å². The first-order valence-corrected chi connectivity index (χ1v) is 23.4. The average Bonchev–Trinajstić information content (AvgIpc) is 3.77. The van der Waals surface area contributed by atoms with Gasteiger partial charge in [0.15, 0.2) is 11.6 Å². The Morgan fingerprint density at radius 1 is 0.304 bits per heavy atom. The van der Waals surface area contributed by atoms with Crippen molar-refractivity contribution in [1.82, 2.24) is 19.5 Å². The number of rotatable bonds is 8. The van der Waals surface area contributed by atoms with Crippen molar-refractivity contribution in [3.63, 3.8) is 0 Å². The van der Waals surface area contributed by atoms with Crippen molar-refractivity contribution in [3.8, 4) is 50.7 Å². The Morgan fingerprint density at radius 2 is 0.768 bits per heavy atom. The summed E-state index contributed by atoms with van der Waals surface area (Å²) in [7, 11) is 0. The molecular weight excluding hydrogens is 839 g/mol. The summed E-state index contributed by atoms with van der Waals surface area (Å²) in [5.41, 5.74) is 15.9. The molecule has 1 aliphatic heterocycles. The molecule has 324 valence electrons. The van der Waals surface area contributed by atoms with Crippen LogP contribution in [0.15, 0.2) is 261 Å². The fourth-order valence-corrected chi connectivity index (χ4v) is 10.6. The van der Waals surface area contributed by atoms with Gasteiger partial charge in [-0.3, -0.25) is 4.90 Å². The fourth-order valence-electron chi connectivity index (χ4n) is 10.6. The molecule has 1 aliphatic rings. The van der Waals surface area contributed by atoms with Crippen LogP contribution >= 0.6 is 0 Å². The van der Waals surface area contributed by atoms with Gasteiger partial charge in [0.25, 0.3) is 0 Å². The molecule has 0 unspecified atom stereocenters. The van der Waals surface area contributed by atoms with E-state index in [1.165, 1.54) is 38.5 Å². The number of aromatic nitrogens is 4. The van der Waals surface area contributed by atoms with Gasteiger partial charge in [-0.2, -0.15) is 9.97 Å². The van der Waals surface area contributed by atoms with Crippen molar-refractivity contribution in [3.05, 3.63) is 283 Å². The van der Waals surface area contributed by atoms with Gasteiger partial charge in [0.05, 0.1) is 27.8 Å². The molecular formula is C64H43N5. The molecule has 13 rings (SSSR count). The van der Waals surface area contributed by atoms with Gasteiger partial charge in [-0.15, -0.1) is 0 Å². The minimum absolute atomic E-state index is 0.553. The van der Waals surface area contributed by atoms with Crippen molar-refractivity contribution < 1.29 is 0 Å². The quantitative estimate of drug-likeness (QED) is 0.153. The highest BCUT2D eigenvalue weighted by molar-refractivity contribution is 6.10. The molecule has 0 radical (unpaired) electrons. The lowest BCUT2D eigenvalue weighted by Gasteiger charge is -2.45. The topological polar surface area (TPSA) is 46.8 Å². The molecule has 0 fully saturated rings. The van der Waals surface area contributed by atoms with Crippen molar-refractivity contribution in [2.75, 3.05) is 4.90 Å². The predicted molar refractivity (Wildman–Crippen MR) is 282 cm³/mol. The zero-order valence-corrected chi connectivity index (χ0v) is 37.6. The molecule has 69 heavy (non-hydrogen) atoms. The summed E-state index contributed by atoms with van der Waals surface area (Å²) >= 11 is 0. The van der Waals surface area contributed by atoms with Crippen LogP contribution in [0.1, 0.15) is 22.3 Å². The Bertz CT molecular complexity index is 3720. The normalized spacial score (nSPS) is 12.7. The van der Waals surface area contributed by atoms with Crippen LogP contribution in [0.5, 0.6) is 0 Å². The number of hydrogen-bond acceptors (Lipinski definition) is 4. The standard InChI is InChI=1S/C64H43N5/c1-5-20-44(21-6-1)45-36-39-52(40-37-45)68-57-33-16-13-30-53(57)54-43-49(38-41-58(54)68)48-26-19-29-51(42-48)64(50-27-11-4-12-28-50)55-31-14-17-34-59(55)69(60-35-18-15-32-56(60)64)63-66-61(46-22-7-2-8-23-46)65-62(67-63)47-24-9-3-10-25-47/h1-43H. The molecule has 10 aromatic carbocycles. The van der Waals surface area contributed by atoms with Crippen LogP contribution in [0, 0.1) is 0 Å². The van der Waals surface area contributed by atoms with E-state index in [0.717, 1.165) is 56.0 Å². The van der Waals surface area contributed by atoms with Crippen LogP contribution in [0.25, 0.3) is 72.5 Å². The van der Waals surface area contributed by atoms with E-state index in [2.05, 4.69) is 234 Å². The van der Waals surface area contributed by atoms with E-state index in [4.69, 9.17) is 15.0 Å². The van der Waals surface area contributed by atoms with Gasteiger partial charge in [0.2, 0.25) is 5.95 Å². The summed E-state index contributed by atoms with van der Waals surface area (Å²) in [5, 5.41) is 2.43. The van der Waals surface area contributed by atoms with Gasteiger partial charge in [-0.05, 0) is 93.0 Å². The number of benzene rings is 10. The highest BCUT2D eigenvalue weighted by atomic mass is 15.3. The average molecular weight is 882 g/mol. The van der Waals surface area contributed by atoms with Crippen molar-refractivity contribution in [2.45, 2.75) is 5.41 Å². The lowest BCUT2D eigenvalue weighted by Crippen LogP contribution is -2.38. The molecule has 3 heterocycles. The van der Waals surface area contributed by atoms with Crippen LogP contribution in [0.2, 0.25) is 0 Å². The fraction of sp³-hybridized carbons (Fsp3) is 0.0156. The first kappa shape index (κ1) is 40.1. The zero-order chi connectivity index (χ0) is 45.7. The Labute approximate surface area is 401 Å². The maximum atomic E-state index is 5.28. The maximum Gasteiger partial charge on any atom is 0.238 e. The third-order valence-electron chi connectivity index (χ3n) is 13.7. The smallest absolute Gasteiger partial charge is 0.238 e. The summed E-state index contributed by atoms with van der Waals surface area (Å²) in [6.07, 6.45) is 0. The number of hydrogen-bond donors (Lipinski definition) is 0. The second-order valence-electron chi connectivity index (χ2n) is 17.6. The zero-order valence-electron chi connectivity index (χ0n) is 37.6. The van der Waals surface area contributed by atoms with E-state index >= 15 is 0 Å². The molecule has 0 saturated heterocycles. The monoisotopic (exact) mass is 881 g/mol. The predicted octanol–water partition coefficient (Wildman–Crippen LogP) is 15.8. The van der Waals surface area contributed by atoms with Crippen molar-refractivity contribution in [2.24, 2.45) is 0 Å². The molecule has 12 aromatic rings. The first-order valence-electron chi connectivity index (χ1n) is 23.4. The molecule has 0 atom stereocenters. The number of fused-ring (bicyclic) bond motifs is 5. The summed E-state index contributed by atoms with van der Waals surface area (Å²) < 4.78 is 2.39. The van der Waals surface area contributed by atoms with E-state index in [-0.39, 0.29) is 0 Å². The lowest BCUT2D eigenvalue weighted by molar-refractivity contribution is 0.728. The van der Waals surface area contributed by atoms with E-state index in [0.29, 0.717) is 17.6 Å². The van der Waals surface area contributed by atoms with Crippen LogP contribution in [-0.2, 0) is 5.41 Å². The van der Waals surface area contributed by atoms with E-state index in [1.807, 2.05) is 36.4 Å². The van der Waals surface area contributed by atoms with E-state index < -0.39 is 5.41 Å². The SMILES string of the molecule is c1ccc(-c2ccc(-n3c4ccccc4c4cc(-c5cccc(C6(c7ccccc7)c7ccccc7N(c7nc(-c8ccccc8)nc(-c8ccccc8)n7)c7ccccc76)c5)ccc43)cc2)cc1. The third-order valence-corrected chi connectivity index (χ3v) is 13.7. The molecule has 0 N–H and O–H groups in total. The number of anilines is 3. The Morgan fingerprint density at radius 3 is 1.41 bits per heavy atom. The number of para-hydroxylation sites is 3. The molecule has 5 nitrogen and oxygen atoms in total. The summed E-state index contributed by atoms with van der Waals surface area (Å²) in [6.45, 7) is 0. The molecule has 2 aromatic heterocycles. The molecule has 5 heteroatoms. The summed E-state index contributed by atoms with van der Waals surface area (Å²) in [4.78, 5) is 17.9. The molecule has 0 spiro atoms. The number of nitrogens with zero attached hydrogens (tertiary/aromatic N) is 5. The van der Waals surface area contributed by atoms with Gasteiger partial charge in [-0.25, -0.2) is 4.98 Å². The Kier molecular flexibility index (Phi) is 9.65. The highest BCUT2D eigenvalue weighted by Gasteiger charge is 2.47. The van der Waals surface area contributed by atoms with E-state index in [1.54, 1.807) is 0 Å². The summed E-state index contributed by atoms with van der Waals surface area (Å²) in [6, 6.07) is 93.2. The van der Waals surface area contributed by atoms with Crippen LogP contribution in [0.3, 0.4) is 0 Å². The van der Waals surface area contributed by atoms with E-state index in [9.17, 15) is 0 Å². The third kappa shape index (κ3) is 6.66. The minimum atomic E-state index is -0.718.